The minimum absolute atomic E-state index is 0.204. The summed E-state index contributed by atoms with van der Waals surface area (Å²) in [6, 6.07) is 10.3. The van der Waals surface area contributed by atoms with Gasteiger partial charge in [-0.15, -0.1) is 0 Å². The van der Waals surface area contributed by atoms with E-state index in [0.717, 1.165) is 22.2 Å². The lowest BCUT2D eigenvalue weighted by Crippen LogP contribution is -2.49. The van der Waals surface area contributed by atoms with Gasteiger partial charge in [-0.2, -0.15) is 0 Å². The second kappa shape index (κ2) is 7.51. The molecular weight excluding hydrogens is 418 g/mol. The number of halogens is 4. The van der Waals surface area contributed by atoms with Crippen LogP contribution in [0.25, 0.3) is 0 Å². The van der Waals surface area contributed by atoms with E-state index in [2.05, 4.69) is 26.6 Å². The molecule has 2 aromatic rings. The van der Waals surface area contributed by atoms with Crippen LogP contribution in [-0.2, 0) is 11.3 Å². The number of nitrogens with one attached hydrogen (secondary N) is 2. The maximum absolute atomic E-state index is 13.7. The van der Waals surface area contributed by atoms with Gasteiger partial charge in [0.1, 0.15) is 22.5 Å². The zero-order valence-corrected chi connectivity index (χ0v) is 15.0. The summed E-state index contributed by atoms with van der Waals surface area (Å²) in [5.74, 6) is -2.44. The van der Waals surface area contributed by atoms with Crippen LogP contribution in [0.5, 0.6) is 0 Å². The highest BCUT2D eigenvalue weighted by Crippen LogP contribution is 2.23. The molecule has 0 bridgehead atoms. The molecule has 0 saturated heterocycles. The summed E-state index contributed by atoms with van der Waals surface area (Å²) in [7, 11) is 0. The van der Waals surface area contributed by atoms with Gasteiger partial charge in [-0.05, 0) is 29.8 Å². The summed E-state index contributed by atoms with van der Waals surface area (Å²) < 4.78 is 33.2. The molecule has 130 valence electrons. The summed E-state index contributed by atoms with van der Waals surface area (Å²) >= 11 is 9.30. The Bertz CT molecular complexity index is 860. The molecule has 25 heavy (non-hydrogen) atoms. The molecule has 2 aromatic carbocycles. The van der Waals surface area contributed by atoms with E-state index in [-0.39, 0.29) is 17.3 Å². The number of hydrogen-bond donors (Lipinski definition) is 2. The predicted octanol–water partition coefficient (Wildman–Crippen LogP) is 4.01. The number of amides is 1. The average Bonchev–Trinajstić information content (AvgIpc) is 2.56. The van der Waals surface area contributed by atoms with Crippen LogP contribution in [0.15, 0.2) is 57.8 Å². The summed E-state index contributed by atoms with van der Waals surface area (Å²) in [4.78, 5) is 12.1. The van der Waals surface area contributed by atoms with Crippen LogP contribution in [0.3, 0.4) is 0 Å². The van der Waals surface area contributed by atoms with E-state index < -0.39 is 23.8 Å². The lowest BCUT2D eigenvalue weighted by atomic mass is 10.1. The highest BCUT2D eigenvalue weighted by molar-refractivity contribution is 9.10. The van der Waals surface area contributed by atoms with E-state index in [1.165, 1.54) is 0 Å². The van der Waals surface area contributed by atoms with Crippen molar-refractivity contribution in [2.24, 2.45) is 0 Å². The monoisotopic (exact) mass is 428 g/mol. The maximum Gasteiger partial charge on any atom is 0.258 e. The topological polar surface area (TPSA) is 50.4 Å². The molecular formula is C17H12BrClF2N2O2. The number of carbonyl (C=O) groups excluding carboxylic acids is 1. The van der Waals surface area contributed by atoms with Gasteiger partial charge in [-0.1, -0.05) is 39.7 Å². The molecule has 1 aliphatic heterocycles. The molecule has 2 N–H and O–H groups in total. The highest BCUT2D eigenvalue weighted by atomic mass is 79.9. The quantitative estimate of drug-likeness (QED) is 0.706. The average molecular weight is 430 g/mol. The van der Waals surface area contributed by atoms with Crippen molar-refractivity contribution in [1.29, 1.82) is 0 Å². The zero-order valence-electron chi connectivity index (χ0n) is 12.7. The fourth-order valence-electron chi connectivity index (χ4n) is 2.22. The Morgan fingerprint density at radius 1 is 1.28 bits per heavy atom. The smallest absolute Gasteiger partial charge is 0.258 e. The normalized spacial score (nSPS) is 16.2. The molecule has 1 unspecified atom stereocenters. The first-order valence-electron chi connectivity index (χ1n) is 7.22. The van der Waals surface area contributed by atoms with Gasteiger partial charge in [0.05, 0.1) is 12.2 Å². The van der Waals surface area contributed by atoms with Gasteiger partial charge in [-0.3, -0.25) is 4.79 Å². The van der Waals surface area contributed by atoms with E-state index in [1.54, 1.807) is 0 Å². The SMILES string of the molecule is O=C(NC1=C(Cl)NC1OCc1cccc(Br)c1)c1ccc(F)cc1F. The second-order valence-electron chi connectivity index (χ2n) is 5.27. The van der Waals surface area contributed by atoms with E-state index in [4.69, 9.17) is 16.3 Å². The fraction of sp³-hybridized carbons (Fsp3) is 0.118. The zero-order chi connectivity index (χ0) is 18.0. The summed E-state index contributed by atoms with van der Waals surface area (Å²) in [6.45, 7) is 0.283. The van der Waals surface area contributed by atoms with Gasteiger partial charge in [0.25, 0.3) is 5.91 Å². The molecule has 0 aliphatic carbocycles. The molecule has 1 aliphatic rings. The van der Waals surface area contributed by atoms with Crippen molar-refractivity contribution in [1.82, 2.24) is 10.6 Å². The Morgan fingerprint density at radius 2 is 2.08 bits per heavy atom. The Balaban J connectivity index is 1.63. The third-order valence-corrected chi connectivity index (χ3v) is 4.29. The maximum atomic E-state index is 13.7. The van der Waals surface area contributed by atoms with Gasteiger partial charge < -0.3 is 15.4 Å². The van der Waals surface area contributed by atoms with Crippen LogP contribution in [0.2, 0.25) is 0 Å². The molecule has 0 fully saturated rings. The second-order valence-corrected chi connectivity index (χ2v) is 6.56. The molecule has 0 saturated carbocycles. The van der Waals surface area contributed by atoms with E-state index >= 15 is 0 Å². The van der Waals surface area contributed by atoms with Gasteiger partial charge in [-0.25, -0.2) is 8.78 Å². The lowest BCUT2D eigenvalue weighted by Gasteiger charge is -2.32. The molecule has 0 spiro atoms. The van der Waals surface area contributed by atoms with Crippen LogP contribution in [0.1, 0.15) is 15.9 Å². The Labute approximate surface area is 155 Å². The van der Waals surface area contributed by atoms with Crippen LogP contribution in [0, 0.1) is 11.6 Å². The first-order valence-corrected chi connectivity index (χ1v) is 8.40. The number of ether oxygens (including phenoxy) is 1. The van der Waals surface area contributed by atoms with Crippen molar-refractivity contribution in [2.45, 2.75) is 12.8 Å². The summed E-state index contributed by atoms with van der Waals surface area (Å²) in [6.07, 6.45) is -0.626. The Kier molecular flexibility index (Phi) is 5.36. The first kappa shape index (κ1) is 17.8. The highest BCUT2D eigenvalue weighted by Gasteiger charge is 2.31. The van der Waals surface area contributed by atoms with Gasteiger partial charge in [0.15, 0.2) is 6.23 Å². The first-order chi connectivity index (χ1) is 11.9. The molecule has 4 nitrogen and oxygen atoms in total. The summed E-state index contributed by atoms with van der Waals surface area (Å²) in [5.41, 5.74) is 0.941. The van der Waals surface area contributed by atoms with Crippen LogP contribution < -0.4 is 10.6 Å². The van der Waals surface area contributed by atoms with Crippen molar-refractivity contribution in [3.05, 3.63) is 80.6 Å². The molecule has 0 radical (unpaired) electrons. The van der Waals surface area contributed by atoms with Crippen LogP contribution in [0.4, 0.5) is 8.78 Å². The molecule has 3 rings (SSSR count). The minimum atomic E-state index is -0.951. The Hall–Kier alpha value is -1.96. The lowest BCUT2D eigenvalue weighted by molar-refractivity contribution is 0.0287. The van der Waals surface area contributed by atoms with Crippen LogP contribution in [-0.4, -0.2) is 12.1 Å². The predicted molar refractivity (Wildman–Crippen MR) is 92.6 cm³/mol. The number of hydrogen-bond acceptors (Lipinski definition) is 3. The minimum Gasteiger partial charge on any atom is -0.348 e. The van der Waals surface area contributed by atoms with Crippen molar-refractivity contribution in [2.75, 3.05) is 0 Å². The summed E-state index contributed by atoms with van der Waals surface area (Å²) in [5, 5.41) is 5.49. The third kappa shape index (κ3) is 4.18. The molecule has 8 heteroatoms. The van der Waals surface area contributed by atoms with Crippen molar-refractivity contribution < 1.29 is 18.3 Å². The number of benzene rings is 2. The van der Waals surface area contributed by atoms with Crippen molar-refractivity contribution in [3.8, 4) is 0 Å². The fourth-order valence-corrected chi connectivity index (χ4v) is 2.91. The molecule has 0 aromatic heterocycles. The van der Waals surface area contributed by atoms with Gasteiger partial charge >= 0.3 is 0 Å². The van der Waals surface area contributed by atoms with E-state index in [9.17, 15) is 13.6 Å². The van der Waals surface area contributed by atoms with Crippen molar-refractivity contribution >= 4 is 33.4 Å². The third-order valence-electron chi connectivity index (χ3n) is 3.49. The van der Waals surface area contributed by atoms with Gasteiger partial charge in [0.2, 0.25) is 0 Å². The number of rotatable bonds is 5. The van der Waals surface area contributed by atoms with Crippen molar-refractivity contribution in [3.63, 3.8) is 0 Å². The van der Waals surface area contributed by atoms with Crippen LogP contribution >= 0.6 is 27.5 Å². The van der Waals surface area contributed by atoms with Gasteiger partial charge in [0, 0.05) is 10.5 Å². The number of carbonyl (C=O) groups is 1. The van der Waals surface area contributed by atoms with E-state index in [1.807, 2.05) is 24.3 Å². The largest absolute Gasteiger partial charge is 0.348 e. The molecule has 1 heterocycles. The standard InChI is InChI=1S/C17H12BrClF2N2O2/c18-10-3-1-2-9(6-10)8-25-17-14(15(19)23-17)22-16(24)12-5-4-11(20)7-13(12)21/h1-7,17,23H,8H2,(H,22,24). The Morgan fingerprint density at radius 3 is 2.76 bits per heavy atom. The van der Waals surface area contributed by atoms with E-state index in [0.29, 0.717) is 11.8 Å². The molecule has 1 atom stereocenters. The molecule has 1 amide bonds.